The van der Waals surface area contributed by atoms with E-state index in [1.807, 2.05) is 18.2 Å². The first-order valence-corrected chi connectivity index (χ1v) is 6.42. The second-order valence-electron chi connectivity index (χ2n) is 3.50. The Balaban J connectivity index is 2.47. The summed E-state index contributed by atoms with van der Waals surface area (Å²) in [6.07, 6.45) is 2.30. The van der Waals surface area contributed by atoms with Gasteiger partial charge in [0.15, 0.2) is 0 Å². The molecule has 4 heteroatoms. The second kappa shape index (κ2) is 4.93. The zero-order valence-electron chi connectivity index (χ0n) is 8.78. The Morgan fingerprint density at radius 1 is 1.56 bits per heavy atom. The molecule has 1 heterocycles. The number of rotatable bonds is 2. The number of thioether (sulfide) groups is 1. The van der Waals surface area contributed by atoms with Gasteiger partial charge in [0.25, 0.3) is 0 Å². The summed E-state index contributed by atoms with van der Waals surface area (Å²) >= 11 is 7.67. The molecule has 2 nitrogen and oxygen atoms in total. The minimum absolute atomic E-state index is 0.133. The normalized spacial score (nSPS) is 15.6. The van der Waals surface area contributed by atoms with Crippen molar-refractivity contribution in [1.29, 1.82) is 0 Å². The van der Waals surface area contributed by atoms with Crippen molar-refractivity contribution in [2.24, 2.45) is 0 Å². The minimum atomic E-state index is 0.133. The van der Waals surface area contributed by atoms with E-state index in [0.717, 1.165) is 16.3 Å². The van der Waals surface area contributed by atoms with Crippen LogP contribution in [0.5, 0.6) is 0 Å². The molecular weight excluding hydrogens is 242 g/mol. The molecule has 1 aliphatic rings. The number of carbonyl (C=O) groups excluding carboxylic acids is 1. The highest BCUT2D eigenvalue weighted by Gasteiger charge is 2.21. The summed E-state index contributed by atoms with van der Waals surface area (Å²) in [5.74, 6) is 0.953. The van der Waals surface area contributed by atoms with Gasteiger partial charge in [0.1, 0.15) is 0 Å². The number of nitrogens with zero attached hydrogens (tertiary/aromatic N) is 1. The van der Waals surface area contributed by atoms with Crippen molar-refractivity contribution in [1.82, 2.24) is 0 Å². The molecule has 16 heavy (non-hydrogen) atoms. The monoisotopic (exact) mass is 253 g/mol. The lowest BCUT2D eigenvalue weighted by Crippen LogP contribution is -2.30. The van der Waals surface area contributed by atoms with Crippen molar-refractivity contribution < 1.29 is 4.79 Å². The summed E-state index contributed by atoms with van der Waals surface area (Å²) < 4.78 is 0. The first kappa shape index (κ1) is 11.6. The summed E-state index contributed by atoms with van der Waals surface area (Å²) in [5.41, 5.74) is 0.903. The Kier molecular flexibility index (Phi) is 3.56. The van der Waals surface area contributed by atoms with E-state index in [1.54, 1.807) is 22.7 Å². The first-order valence-electron chi connectivity index (χ1n) is 5.06. The average Bonchev–Trinajstić information content (AvgIpc) is 2.41. The van der Waals surface area contributed by atoms with Gasteiger partial charge in [-0.05, 0) is 18.2 Å². The SMILES string of the molecule is C=CCN1C(=O)CCSc2ccc(Cl)cc21. The first-order chi connectivity index (χ1) is 7.72. The number of hydrogen-bond donors (Lipinski definition) is 0. The molecule has 2 rings (SSSR count). The maximum absolute atomic E-state index is 11.9. The highest BCUT2D eigenvalue weighted by Crippen LogP contribution is 2.35. The van der Waals surface area contributed by atoms with Crippen molar-refractivity contribution >= 4 is 35.0 Å². The summed E-state index contributed by atoms with van der Waals surface area (Å²) in [6.45, 7) is 4.22. The maximum atomic E-state index is 11.9. The van der Waals surface area contributed by atoms with Crippen LogP contribution in [0, 0.1) is 0 Å². The topological polar surface area (TPSA) is 20.3 Å². The third-order valence-electron chi connectivity index (χ3n) is 2.40. The molecule has 1 amide bonds. The molecule has 0 saturated carbocycles. The van der Waals surface area contributed by atoms with Crippen molar-refractivity contribution in [3.8, 4) is 0 Å². The van der Waals surface area contributed by atoms with E-state index in [1.165, 1.54) is 0 Å². The van der Waals surface area contributed by atoms with E-state index in [0.29, 0.717) is 18.0 Å². The zero-order valence-corrected chi connectivity index (χ0v) is 10.4. The summed E-state index contributed by atoms with van der Waals surface area (Å²) in [5, 5.41) is 0.656. The number of fused-ring (bicyclic) bond motifs is 1. The van der Waals surface area contributed by atoms with Gasteiger partial charge in [0.05, 0.1) is 5.69 Å². The predicted octanol–water partition coefficient (Wildman–Crippen LogP) is 3.35. The van der Waals surface area contributed by atoms with Crippen LogP contribution in [0.4, 0.5) is 5.69 Å². The number of benzene rings is 1. The van der Waals surface area contributed by atoms with Crippen molar-refractivity contribution in [3.63, 3.8) is 0 Å². The van der Waals surface area contributed by atoms with Crippen LogP contribution < -0.4 is 4.90 Å². The molecule has 1 aromatic carbocycles. The maximum Gasteiger partial charge on any atom is 0.228 e. The largest absolute Gasteiger partial charge is 0.307 e. The van der Waals surface area contributed by atoms with Gasteiger partial charge in [-0.2, -0.15) is 0 Å². The van der Waals surface area contributed by atoms with Gasteiger partial charge in [0.2, 0.25) is 5.91 Å². The van der Waals surface area contributed by atoms with Gasteiger partial charge in [-0.1, -0.05) is 17.7 Å². The van der Waals surface area contributed by atoms with Gasteiger partial charge in [0, 0.05) is 28.6 Å². The molecule has 0 N–H and O–H groups in total. The third-order valence-corrected chi connectivity index (χ3v) is 3.70. The fraction of sp³-hybridized carbons (Fsp3) is 0.250. The highest BCUT2D eigenvalue weighted by atomic mass is 35.5. The molecule has 1 aliphatic heterocycles. The van der Waals surface area contributed by atoms with Crippen LogP contribution in [0.25, 0.3) is 0 Å². The minimum Gasteiger partial charge on any atom is -0.307 e. The van der Waals surface area contributed by atoms with Gasteiger partial charge >= 0.3 is 0 Å². The van der Waals surface area contributed by atoms with Gasteiger partial charge in [-0.3, -0.25) is 4.79 Å². The summed E-state index contributed by atoms with van der Waals surface area (Å²) in [7, 11) is 0. The quantitative estimate of drug-likeness (QED) is 0.754. The van der Waals surface area contributed by atoms with Crippen LogP contribution in [-0.4, -0.2) is 18.2 Å². The lowest BCUT2D eigenvalue weighted by molar-refractivity contribution is -0.118. The van der Waals surface area contributed by atoms with E-state index < -0.39 is 0 Å². The molecule has 0 bridgehead atoms. The van der Waals surface area contributed by atoms with E-state index in [-0.39, 0.29) is 5.91 Å². The van der Waals surface area contributed by atoms with Crippen LogP contribution >= 0.6 is 23.4 Å². The molecule has 0 atom stereocenters. The fourth-order valence-corrected chi connectivity index (χ4v) is 2.81. The standard InChI is InChI=1S/C12H12ClNOS/c1-2-6-14-10-8-9(13)3-4-11(10)16-7-5-12(14)15/h2-4,8H,1,5-7H2. The Bertz CT molecular complexity index is 433. The van der Waals surface area contributed by atoms with Gasteiger partial charge < -0.3 is 4.90 Å². The third kappa shape index (κ3) is 2.25. The van der Waals surface area contributed by atoms with Gasteiger partial charge in [-0.15, -0.1) is 18.3 Å². The number of carbonyl (C=O) groups is 1. The van der Waals surface area contributed by atoms with Gasteiger partial charge in [-0.25, -0.2) is 0 Å². The lowest BCUT2D eigenvalue weighted by Gasteiger charge is -2.21. The van der Waals surface area contributed by atoms with Crippen LogP contribution in [-0.2, 0) is 4.79 Å². The molecular formula is C12H12ClNOS. The molecule has 0 unspecified atom stereocenters. The number of halogens is 1. The van der Waals surface area contributed by atoms with Crippen molar-refractivity contribution in [2.45, 2.75) is 11.3 Å². The fourth-order valence-electron chi connectivity index (χ4n) is 1.67. The van der Waals surface area contributed by atoms with E-state index >= 15 is 0 Å². The molecule has 0 radical (unpaired) electrons. The number of anilines is 1. The van der Waals surface area contributed by atoms with Crippen LogP contribution in [0.1, 0.15) is 6.42 Å². The Morgan fingerprint density at radius 2 is 2.38 bits per heavy atom. The second-order valence-corrected chi connectivity index (χ2v) is 5.08. The van der Waals surface area contributed by atoms with Crippen LogP contribution in [0.2, 0.25) is 5.02 Å². The average molecular weight is 254 g/mol. The summed E-state index contributed by atoms with van der Waals surface area (Å²) in [6, 6.07) is 5.67. The predicted molar refractivity (Wildman–Crippen MR) is 69.3 cm³/mol. The molecule has 0 saturated heterocycles. The van der Waals surface area contributed by atoms with Crippen LogP contribution in [0.3, 0.4) is 0 Å². The van der Waals surface area contributed by atoms with E-state index in [4.69, 9.17) is 11.6 Å². The Labute approximate surface area is 104 Å². The molecule has 0 spiro atoms. The smallest absolute Gasteiger partial charge is 0.228 e. The molecule has 0 aliphatic carbocycles. The summed E-state index contributed by atoms with van der Waals surface area (Å²) in [4.78, 5) is 14.8. The Morgan fingerprint density at radius 3 is 3.12 bits per heavy atom. The van der Waals surface area contributed by atoms with Crippen LogP contribution in [0.15, 0.2) is 35.7 Å². The Hall–Kier alpha value is -0.930. The van der Waals surface area contributed by atoms with Crippen molar-refractivity contribution in [3.05, 3.63) is 35.9 Å². The van der Waals surface area contributed by atoms with Crippen molar-refractivity contribution in [2.75, 3.05) is 17.2 Å². The zero-order chi connectivity index (χ0) is 11.5. The van der Waals surface area contributed by atoms with E-state index in [9.17, 15) is 4.79 Å². The highest BCUT2D eigenvalue weighted by molar-refractivity contribution is 7.99. The molecule has 0 fully saturated rings. The molecule has 1 aromatic rings. The number of hydrogen-bond acceptors (Lipinski definition) is 2. The molecule has 0 aromatic heterocycles. The molecule has 84 valence electrons. The van der Waals surface area contributed by atoms with E-state index in [2.05, 4.69) is 6.58 Å². The number of amides is 1. The lowest BCUT2D eigenvalue weighted by atomic mass is 10.2.